The van der Waals surface area contributed by atoms with Gasteiger partial charge in [-0.05, 0) is 42.3 Å². The molecule has 1 aliphatic carbocycles. The number of para-hydroxylation sites is 1. The summed E-state index contributed by atoms with van der Waals surface area (Å²) in [6.45, 7) is 2.06. The van der Waals surface area contributed by atoms with E-state index >= 15 is 0 Å². The molecule has 0 amide bonds. The van der Waals surface area contributed by atoms with Crippen LogP contribution in [0.5, 0.6) is 0 Å². The summed E-state index contributed by atoms with van der Waals surface area (Å²) >= 11 is 0. The van der Waals surface area contributed by atoms with Crippen LogP contribution in [-0.2, 0) is 6.42 Å². The molecule has 3 aromatic rings. The Morgan fingerprint density at radius 2 is 2.05 bits per heavy atom. The summed E-state index contributed by atoms with van der Waals surface area (Å²) in [5.74, 6) is 0.687. The predicted octanol–water partition coefficient (Wildman–Crippen LogP) is 4.17. The minimum atomic E-state index is -0.198. The fourth-order valence-corrected chi connectivity index (χ4v) is 2.84. The van der Waals surface area contributed by atoms with Crippen LogP contribution in [0.1, 0.15) is 16.7 Å². The summed E-state index contributed by atoms with van der Waals surface area (Å²) in [6, 6.07) is 13.0. The van der Waals surface area contributed by atoms with Gasteiger partial charge in [-0.2, -0.15) is 5.10 Å². The Hall–Kier alpha value is -2.62. The van der Waals surface area contributed by atoms with Gasteiger partial charge in [0.15, 0.2) is 0 Å². The van der Waals surface area contributed by atoms with E-state index in [1.54, 1.807) is 12.1 Å². The van der Waals surface area contributed by atoms with Crippen LogP contribution >= 0.6 is 0 Å². The number of fused-ring (bicyclic) bond motifs is 3. The lowest BCUT2D eigenvalue weighted by Gasteiger charge is -2.08. The molecule has 1 aliphatic rings. The molecule has 21 heavy (non-hydrogen) atoms. The molecular formula is C17H14FN3. The van der Waals surface area contributed by atoms with Gasteiger partial charge >= 0.3 is 0 Å². The average molecular weight is 279 g/mol. The first-order chi connectivity index (χ1) is 10.2. The second-order valence-corrected chi connectivity index (χ2v) is 5.34. The number of nitrogens with one attached hydrogen (secondary N) is 2. The monoisotopic (exact) mass is 279 g/mol. The van der Waals surface area contributed by atoms with E-state index in [-0.39, 0.29) is 5.82 Å². The smallest absolute Gasteiger partial charge is 0.130 e. The highest BCUT2D eigenvalue weighted by atomic mass is 19.1. The fourth-order valence-electron chi connectivity index (χ4n) is 2.84. The van der Waals surface area contributed by atoms with Crippen molar-refractivity contribution in [2.75, 3.05) is 5.32 Å². The fraction of sp³-hybridized carbons (Fsp3) is 0.118. The highest BCUT2D eigenvalue weighted by molar-refractivity contribution is 5.79. The minimum absolute atomic E-state index is 0.198. The van der Waals surface area contributed by atoms with Crippen LogP contribution in [0.4, 0.5) is 15.9 Å². The molecule has 0 saturated heterocycles. The van der Waals surface area contributed by atoms with Crippen molar-refractivity contribution in [3.8, 4) is 11.3 Å². The number of aryl methyl sites for hydroxylation is 1. The molecule has 2 aromatic carbocycles. The van der Waals surface area contributed by atoms with Gasteiger partial charge in [0.1, 0.15) is 11.6 Å². The maximum Gasteiger partial charge on any atom is 0.130 e. The average Bonchev–Trinajstić information content (AvgIpc) is 3.00. The Morgan fingerprint density at radius 3 is 2.90 bits per heavy atom. The number of hydrogen-bond donors (Lipinski definition) is 2. The zero-order valence-corrected chi connectivity index (χ0v) is 11.6. The summed E-state index contributed by atoms with van der Waals surface area (Å²) in [4.78, 5) is 0. The SMILES string of the molecule is Cc1ccccc1Nc1[nH]nc2c1Cc1cc(F)ccc1-2. The lowest BCUT2D eigenvalue weighted by Crippen LogP contribution is -1.96. The Balaban J connectivity index is 1.73. The molecule has 2 N–H and O–H groups in total. The van der Waals surface area contributed by atoms with Crippen LogP contribution in [0.3, 0.4) is 0 Å². The number of H-pyrrole nitrogens is 1. The van der Waals surface area contributed by atoms with Gasteiger partial charge in [-0.25, -0.2) is 4.39 Å². The summed E-state index contributed by atoms with van der Waals surface area (Å²) in [7, 11) is 0. The Morgan fingerprint density at radius 1 is 1.19 bits per heavy atom. The van der Waals surface area contributed by atoms with Crippen molar-refractivity contribution >= 4 is 11.5 Å². The standard InChI is InChI=1S/C17H14FN3/c1-10-4-2-3-5-15(10)19-17-14-9-11-8-12(18)6-7-13(11)16(14)20-21-17/h2-8H,9H2,1H3,(H2,19,20,21). The molecule has 0 spiro atoms. The van der Waals surface area contributed by atoms with Gasteiger partial charge in [0.25, 0.3) is 0 Å². The molecule has 1 heterocycles. The molecule has 0 atom stereocenters. The second-order valence-electron chi connectivity index (χ2n) is 5.34. The molecule has 1 aromatic heterocycles. The van der Waals surface area contributed by atoms with E-state index in [2.05, 4.69) is 28.5 Å². The van der Waals surface area contributed by atoms with E-state index in [9.17, 15) is 4.39 Å². The first-order valence-corrected chi connectivity index (χ1v) is 6.91. The number of nitrogens with zero attached hydrogens (tertiary/aromatic N) is 1. The number of rotatable bonds is 2. The molecular weight excluding hydrogens is 265 g/mol. The molecule has 0 unspecified atom stereocenters. The van der Waals surface area contributed by atoms with Crippen LogP contribution in [0.2, 0.25) is 0 Å². The molecule has 3 nitrogen and oxygen atoms in total. The third kappa shape index (κ3) is 1.91. The molecule has 0 fully saturated rings. The first-order valence-electron chi connectivity index (χ1n) is 6.91. The molecule has 0 aliphatic heterocycles. The third-order valence-corrected chi connectivity index (χ3v) is 3.96. The number of hydrogen-bond acceptors (Lipinski definition) is 2. The van der Waals surface area contributed by atoms with Crippen LogP contribution in [-0.4, -0.2) is 10.2 Å². The number of aromatic nitrogens is 2. The number of benzene rings is 2. The lowest BCUT2D eigenvalue weighted by atomic mass is 10.1. The summed E-state index contributed by atoms with van der Waals surface area (Å²) in [5.41, 5.74) is 6.24. The molecule has 4 rings (SSSR count). The largest absolute Gasteiger partial charge is 0.340 e. The van der Waals surface area contributed by atoms with Gasteiger partial charge < -0.3 is 5.32 Å². The van der Waals surface area contributed by atoms with E-state index in [1.165, 1.54) is 11.6 Å². The maximum atomic E-state index is 13.3. The number of halogens is 1. The second kappa shape index (κ2) is 4.45. The van der Waals surface area contributed by atoms with Crippen molar-refractivity contribution in [3.05, 3.63) is 65.0 Å². The van der Waals surface area contributed by atoms with Crippen molar-refractivity contribution in [3.63, 3.8) is 0 Å². The molecule has 104 valence electrons. The quantitative estimate of drug-likeness (QED) is 0.578. The van der Waals surface area contributed by atoms with Crippen molar-refractivity contribution in [2.24, 2.45) is 0 Å². The first kappa shape index (κ1) is 12.1. The lowest BCUT2D eigenvalue weighted by molar-refractivity contribution is 0.626. The van der Waals surface area contributed by atoms with Crippen LogP contribution < -0.4 is 5.32 Å². The van der Waals surface area contributed by atoms with Gasteiger partial charge in [0.2, 0.25) is 0 Å². The van der Waals surface area contributed by atoms with E-state index in [0.717, 1.165) is 33.9 Å². The topological polar surface area (TPSA) is 40.7 Å². The van der Waals surface area contributed by atoms with Crippen molar-refractivity contribution in [2.45, 2.75) is 13.3 Å². The Bertz CT molecular complexity index is 836. The Labute approximate surface area is 121 Å². The van der Waals surface area contributed by atoms with Gasteiger partial charge in [-0.15, -0.1) is 0 Å². The normalized spacial score (nSPS) is 12.1. The highest BCUT2D eigenvalue weighted by Crippen LogP contribution is 2.39. The van der Waals surface area contributed by atoms with Gasteiger partial charge in [0.05, 0.1) is 5.69 Å². The van der Waals surface area contributed by atoms with Crippen molar-refractivity contribution < 1.29 is 4.39 Å². The van der Waals surface area contributed by atoms with Crippen molar-refractivity contribution in [1.29, 1.82) is 0 Å². The van der Waals surface area contributed by atoms with Crippen LogP contribution in [0, 0.1) is 12.7 Å². The van der Waals surface area contributed by atoms with Gasteiger partial charge in [-0.3, -0.25) is 5.10 Å². The summed E-state index contributed by atoms with van der Waals surface area (Å²) in [6.07, 6.45) is 0.702. The Kier molecular flexibility index (Phi) is 2.57. The summed E-state index contributed by atoms with van der Waals surface area (Å²) in [5, 5.41) is 10.8. The van der Waals surface area contributed by atoms with Crippen molar-refractivity contribution in [1.82, 2.24) is 10.2 Å². The predicted molar refractivity (Wildman–Crippen MR) is 81.2 cm³/mol. The summed E-state index contributed by atoms with van der Waals surface area (Å²) < 4.78 is 13.3. The van der Waals surface area contributed by atoms with Gasteiger partial charge in [-0.1, -0.05) is 18.2 Å². The van der Waals surface area contributed by atoms with E-state index < -0.39 is 0 Å². The van der Waals surface area contributed by atoms with Crippen LogP contribution in [0.25, 0.3) is 11.3 Å². The van der Waals surface area contributed by atoms with E-state index in [0.29, 0.717) is 6.42 Å². The molecule has 0 saturated carbocycles. The number of aromatic amines is 1. The van der Waals surface area contributed by atoms with Crippen LogP contribution in [0.15, 0.2) is 42.5 Å². The molecule has 0 radical (unpaired) electrons. The van der Waals surface area contributed by atoms with E-state index in [1.807, 2.05) is 18.2 Å². The molecule has 0 bridgehead atoms. The maximum absolute atomic E-state index is 13.3. The zero-order valence-electron chi connectivity index (χ0n) is 11.6. The highest BCUT2D eigenvalue weighted by Gasteiger charge is 2.25. The minimum Gasteiger partial charge on any atom is -0.340 e. The number of anilines is 2. The van der Waals surface area contributed by atoms with E-state index in [4.69, 9.17) is 0 Å². The molecule has 4 heteroatoms. The zero-order chi connectivity index (χ0) is 14.4. The third-order valence-electron chi connectivity index (χ3n) is 3.96. The van der Waals surface area contributed by atoms with Gasteiger partial charge in [0, 0.05) is 23.2 Å².